The van der Waals surface area contributed by atoms with Crippen molar-refractivity contribution >= 4 is 0 Å². The number of hydrogen-bond donors (Lipinski definition) is 0. The minimum Gasteiger partial charge on any atom is -0.346 e. The van der Waals surface area contributed by atoms with Crippen molar-refractivity contribution in [2.45, 2.75) is 52.4 Å². The van der Waals surface area contributed by atoms with Crippen LogP contribution in [0.25, 0.3) is 0 Å². The molecule has 0 atom stereocenters. The van der Waals surface area contributed by atoms with E-state index in [0.717, 1.165) is 25.7 Å². The van der Waals surface area contributed by atoms with Gasteiger partial charge in [0, 0.05) is 37.6 Å². The number of rotatable bonds is 7. The molecular formula is C24H28N2. The van der Waals surface area contributed by atoms with Crippen LogP contribution in [0.1, 0.15) is 40.8 Å². The van der Waals surface area contributed by atoms with Gasteiger partial charge in [0.25, 0.3) is 0 Å². The van der Waals surface area contributed by atoms with Crippen LogP contribution in [-0.4, -0.2) is 15.5 Å². The molecule has 0 spiro atoms. The lowest BCUT2D eigenvalue weighted by Gasteiger charge is -2.23. The largest absolute Gasteiger partial charge is 0.346 e. The highest BCUT2D eigenvalue weighted by Gasteiger charge is 2.29. The van der Waals surface area contributed by atoms with E-state index in [9.17, 15) is 0 Å². The molecule has 2 nitrogen and oxygen atoms in total. The van der Waals surface area contributed by atoms with E-state index in [1.165, 1.54) is 40.8 Å². The van der Waals surface area contributed by atoms with Crippen molar-refractivity contribution in [2.75, 3.05) is 0 Å². The van der Waals surface area contributed by atoms with Gasteiger partial charge in [-0.15, -0.1) is 0 Å². The first kappa shape index (κ1) is 17.1. The molecule has 3 aromatic rings. The van der Waals surface area contributed by atoms with Crippen LogP contribution >= 0.6 is 0 Å². The topological polar surface area (TPSA) is 8.17 Å². The smallest absolute Gasteiger partial charge is 0.0476 e. The number of aryl methyl sites for hydroxylation is 2. The first-order valence-electron chi connectivity index (χ1n) is 9.67. The van der Waals surface area contributed by atoms with Crippen LogP contribution in [0.5, 0.6) is 0 Å². The Morgan fingerprint density at radius 1 is 0.885 bits per heavy atom. The number of aromatic nitrogens is 1. The molecule has 0 amide bonds. The molecule has 0 saturated heterocycles. The molecule has 0 aliphatic heterocycles. The van der Waals surface area contributed by atoms with Crippen molar-refractivity contribution in [2.24, 2.45) is 0 Å². The van der Waals surface area contributed by atoms with Gasteiger partial charge in [-0.3, -0.25) is 4.90 Å². The average Bonchev–Trinajstić information content (AvgIpc) is 3.40. The van der Waals surface area contributed by atoms with E-state index in [1.54, 1.807) is 0 Å². The molecule has 1 aliphatic rings. The van der Waals surface area contributed by atoms with Gasteiger partial charge in [-0.2, -0.15) is 0 Å². The minimum absolute atomic E-state index is 0.748. The predicted octanol–water partition coefficient (Wildman–Crippen LogP) is 5.32. The molecule has 4 rings (SSSR count). The van der Waals surface area contributed by atoms with E-state index in [2.05, 4.69) is 90.2 Å². The average molecular weight is 345 g/mol. The van der Waals surface area contributed by atoms with E-state index in [4.69, 9.17) is 0 Å². The van der Waals surface area contributed by atoms with Crippen LogP contribution in [0.2, 0.25) is 0 Å². The van der Waals surface area contributed by atoms with E-state index in [1.807, 2.05) is 0 Å². The Morgan fingerprint density at radius 3 is 2.38 bits per heavy atom. The second-order valence-corrected chi connectivity index (χ2v) is 7.68. The second kappa shape index (κ2) is 7.51. The summed E-state index contributed by atoms with van der Waals surface area (Å²) in [5, 5.41) is 0. The quantitative estimate of drug-likeness (QED) is 0.563. The molecule has 26 heavy (non-hydrogen) atoms. The highest BCUT2D eigenvalue weighted by Crippen LogP contribution is 2.30. The van der Waals surface area contributed by atoms with Crippen LogP contribution in [0.4, 0.5) is 0 Å². The molecule has 1 heterocycles. The van der Waals surface area contributed by atoms with Gasteiger partial charge in [-0.05, 0) is 55.5 Å². The second-order valence-electron chi connectivity index (χ2n) is 7.68. The standard InChI is InChI=1S/C24H28N2/c1-19-9-11-21(12-10-19)16-26(23-13-14-23)18-24-8-5-15-25(24)17-22-7-4-3-6-20(22)2/h3-12,15,23H,13-14,16-18H2,1-2H3. The summed E-state index contributed by atoms with van der Waals surface area (Å²) in [7, 11) is 0. The maximum absolute atomic E-state index is 2.65. The maximum atomic E-state index is 2.65. The molecule has 0 N–H and O–H groups in total. The summed E-state index contributed by atoms with van der Waals surface area (Å²) in [6.07, 6.45) is 4.90. The molecule has 0 unspecified atom stereocenters. The van der Waals surface area contributed by atoms with Gasteiger partial charge in [0.1, 0.15) is 0 Å². The fraction of sp³-hybridized carbons (Fsp3) is 0.333. The van der Waals surface area contributed by atoms with Gasteiger partial charge in [0.2, 0.25) is 0 Å². The van der Waals surface area contributed by atoms with E-state index >= 15 is 0 Å². The monoisotopic (exact) mass is 344 g/mol. The Bertz CT molecular complexity index is 856. The number of nitrogens with zero attached hydrogens (tertiary/aromatic N) is 2. The lowest BCUT2D eigenvalue weighted by Crippen LogP contribution is -2.26. The molecule has 1 aromatic heterocycles. The predicted molar refractivity (Wildman–Crippen MR) is 108 cm³/mol. The zero-order chi connectivity index (χ0) is 17.9. The molecule has 134 valence electrons. The van der Waals surface area contributed by atoms with Crippen molar-refractivity contribution in [1.29, 1.82) is 0 Å². The first-order valence-corrected chi connectivity index (χ1v) is 9.67. The third-order valence-corrected chi connectivity index (χ3v) is 5.46. The molecule has 2 aromatic carbocycles. The molecular weight excluding hydrogens is 316 g/mol. The zero-order valence-corrected chi connectivity index (χ0v) is 15.9. The minimum atomic E-state index is 0.748. The van der Waals surface area contributed by atoms with Crippen molar-refractivity contribution in [1.82, 2.24) is 9.47 Å². The highest BCUT2D eigenvalue weighted by atomic mass is 15.2. The molecule has 2 heteroatoms. The SMILES string of the molecule is Cc1ccc(CN(Cc2cccn2Cc2ccccc2C)C2CC2)cc1. The highest BCUT2D eigenvalue weighted by molar-refractivity contribution is 5.27. The third-order valence-electron chi connectivity index (χ3n) is 5.46. The summed E-state index contributed by atoms with van der Waals surface area (Å²) in [4.78, 5) is 2.65. The molecule has 0 bridgehead atoms. The fourth-order valence-corrected chi connectivity index (χ4v) is 3.61. The van der Waals surface area contributed by atoms with Crippen LogP contribution < -0.4 is 0 Å². The number of benzene rings is 2. The fourth-order valence-electron chi connectivity index (χ4n) is 3.61. The van der Waals surface area contributed by atoms with Crippen molar-refractivity contribution in [3.05, 3.63) is 94.8 Å². The summed E-state index contributed by atoms with van der Waals surface area (Å²) in [5.41, 5.74) is 6.93. The van der Waals surface area contributed by atoms with Crippen LogP contribution in [-0.2, 0) is 19.6 Å². The summed E-state index contributed by atoms with van der Waals surface area (Å²) in [6.45, 7) is 7.38. The summed E-state index contributed by atoms with van der Waals surface area (Å²) in [5.74, 6) is 0. The molecule has 1 fully saturated rings. The molecule has 1 saturated carbocycles. The van der Waals surface area contributed by atoms with Crippen LogP contribution in [0.15, 0.2) is 66.9 Å². The lowest BCUT2D eigenvalue weighted by atomic mass is 10.1. The van der Waals surface area contributed by atoms with Crippen LogP contribution in [0, 0.1) is 13.8 Å². The van der Waals surface area contributed by atoms with Gasteiger partial charge in [0.05, 0.1) is 0 Å². The van der Waals surface area contributed by atoms with E-state index in [0.29, 0.717) is 0 Å². The first-order chi connectivity index (χ1) is 12.7. The Labute approximate surface area is 157 Å². The van der Waals surface area contributed by atoms with E-state index in [-0.39, 0.29) is 0 Å². The van der Waals surface area contributed by atoms with Gasteiger partial charge in [0.15, 0.2) is 0 Å². The zero-order valence-electron chi connectivity index (χ0n) is 15.9. The Hall–Kier alpha value is -2.32. The summed E-state index contributed by atoms with van der Waals surface area (Å²) >= 11 is 0. The van der Waals surface area contributed by atoms with Crippen molar-refractivity contribution in [3.63, 3.8) is 0 Å². The number of hydrogen-bond acceptors (Lipinski definition) is 1. The molecule has 1 aliphatic carbocycles. The molecule has 0 radical (unpaired) electrons. The van der Waals surface area contributed by atoms with Gasteiger partial charge < -0.3 is 4.57 Å². The summed E-state index contributed by atoms with van der Waals surface area (Å²) < 4.78 is 2.41. The van der Waals surface area contributed by atoms with E-state index < -0.39 is 0 Å². The van der Waals surface area contributed by atoms with Crippen molar-refractivity contribution in [3.8, 4) is 0 Å². The Morgan fingerprint density at radius 2 is 1.65 bits per heavy atom. The third kappa shape index (κ3) is 4.08. The van der Waals surface area contributed by atoms with Gasteiger partial charge in [-0.25, -0.2) is 0 Å². The lowest BCUT2D eigenvalue weighted by molar-refractivity contribution is 0.239. The normalized spacial score (nSPS) is 14.1. The summed E-state index contributed by atoms with van der Waals surface area (Å²) in [6, 6.07) is 22.9. The van der Waals surface area contributed by atoms with Gasteiger partial charge >= 0.3 is 0 Å². The van der Waals surface area contributed by atoms with Gasteiger partial charge in [-0.1, -0.05) is 54.1 Å². The Kier molecular flexibility index (Phi) is 4.94. The maximum Gasteiger partial charge on any atom is 0.0476 e. The van der Waals surface area contributed by atoms with Crippen LogP contribution in [0.3, 0.4) is 0 Å². The Balaban J connectivity index is 1.49. The van der Waals surface area contributed by atoms with Crippen molar-refractivity contribution < 1.29 is 0 Å².